The van der Waals surface area contributed by atoms with Gasteiger partial charge in [0, 0.05) is 39.3 Å². The molecule has 2 fully saturated rings. The number of ether oxygens (including phenoxy) is 6. The van der Waals surface area contributed by atoms with Crippen LogP contribution in [0.25, 0.3) is 0 Å². The van der Waals surface area contributed by atoms with Crippen LogP contribution >= 0.6 is 0 Å². The van der Waals surface area contributed by atoms with Gasteiger partial charge in [-0.15, -0.1) is 0 Å². The summed E-state index contributed by atoms with van der Waals surface area (Å²) in [5.74, 6) is 0. The Bertz CT molecular complexity index is 270. The maximum Gasteiger partial charge on any atom is 0.0701 e. The summed E-state index contributed by atoms with van der Waals surface area (Å²) >= 11 is 0. The van der Waals surface area contributed by atoms with Crippen LogP contribution < -0.4 is 0 Å². The lowest BCUT2D eigenvalue weighted by Gasteiger charge is -2.28. The van der Waals surface area contributed by atoms with Crippen LogP contribution in [0.2, 0.25) is 0 Å². The molecule has 0 aromatic carbocycles. The monoisotopic (exact) mass is 376 g/mol. The lowest BCUT2D eigenvalue weighted by molar-refractivity contribution is -0.0132. The van der Waals surface area contributed by atoms with E-state index in [-0.39, 0.29) is 0 Å². The molecule has 0 N–H and O–H groups in total. The van der Waals surface area contributed by atoms with Gasteiger partial charge in [0.05, 0.1) is 79.3 Å². The zero-order valence-corrected chi connectivity index (χ0v) is 16.1. The third kappa shape index (κ3) is 11.4. The molecule has 0 spiro atoms. The fourth-order valence-electron chi connectivity index (χ4n) is 2.81. The minimum absolute atomic E-state index is 0.641. The first-order valence-corrected chi connectivity index (χ1v) is 9.86. The van der Waals surface area contributed by atoms with Crippen LogP contribution in [0.1, 0.15) is 0 Å². The summed E-state index contributed by atoms with van der Waals surface area (Å²) in [7, 11) is 0. The van der Waals surface area contributed by atoms with Crippen LogP contribution in [-0.4, -0.2) is 128 Å². The topological polar surface area (TPSA) is 61.9 Å². The molecule has 0 aliphatic carbocycles. The minimum atomic E-state index is 0.641. The van der Waals surface area contributed by atoms with E-state index < -0.39 is 0 Å². The molecular weight excluding hydrogens is 340 g/mol. The van der Waals surface area contributed by atoms with Crippen LogP contribution in [0.4, 0.5) is 0 Å². The summed E-state index contributed by atoms with van der Waals surface area (Å²) < 4.78 is 33.4. The Morgan fingerprint density at radius 1 is 0.346 bits per heavy atom. The molecule has 2 aliphatic rings. The number of rotatable bonds is 3. The predicted octanol–water partition coefficient (Wildman–Crippen LogP) is -0.283. The van der Waals surface area contributed by atoms with Crippen molar-refractivity contribution >= 4 is 0 Å². The van der Waals surface area contributed by atoms with Gasteiger partial charge in [-0.05, 0) is 0 Å². The van der Waals surface area contributed by atoms with Gasteiger partial charge in [-0.25, -0.2) is 0 Å². The van der Waals surface area contributed by atoms with E-state index in [0.717, 1.165) is 65.7 Å². The first-order valence-electron chi connectivity index (χ1n) is 9.86. The van der Waals surface area contributed by atoms with Gasteiger partial charge in [-0.3, -0.25) is 9.80 Å². The van der Waals surface area contributed by atoms with Gasteiger partial charge in [0.2, 0.25) is 0 Å². The van der Waals surface area contributed by atoms with Gasteiger partial charge < -0.3 is 28.4 Å². The van der Waals surface area contributed by atoms with Crippen LogP contribution in [0.15, 0.2) is 0 Å². The Kier molecular flexibility index (Phi) is 13.3. The van der Waals surface area contributed by atoms with E-state index in [0.29, 0.717) is 52.9 Å². The summed E-state index contributed by atoms with van der Waals surface area (Å²) in [4.78, 5) is 4.82. The molecule has 0 atom stereocenters. The second-order valence-corrected chi connectivity index (χ2v) is 6.36. The van der Waals surface area contributed by atoms with E-state index in [1.54, 1.807) is 0 Å². The summed E-state index contributed by atoms with van der Waals surface area (Å²) in [6, 6.07) is 0. The second kappa shape index (κ2) is 15.7. The second-order valence-electron chi connectivity index (χ2n) is 6.36. The lowest BCUT2D eigenvalue weighted by atomic mass is 10.4. The normalized spacial score (nSPS) is 25.4. The molecule has 2 rings (SSSR count). The maximum absolute atomic E-state index is 5.65. The fraction of sp³-hybridized carbons (Fsp3) is 1.00. The Hall–Kier alpha value is -0.320. The van der Waals surface area contributed by atoms with Crippen molar-refractivity contribution in [3.05, 3.63) is 0 Å². The van der Waals surface area contributed by atoms with E-state index in [9.17, 15) is 0 Å². The third-order valence-electron chi connectivity index (χ3n) is 4.43. The molecule has 0 saturated carbocycles. The van der Waals surface area contributed by atoms with Crippen LogP contribution in [0.3, 0.4) is 0 Å². The highest BCUT2D eigenvalue weighted by molar-refractivity contribution is 4.64. The van der Waals surface area contributed by atoms with Gasteiger partial charge >= 0.3 is 0 Å². The third-order valence-corrected chi connectivity index (χ3v) is 4.43. The summed E-state index contributed by atoms with van der Waals surface area (Å²) in [6.45, 7) is 13.8. The summed E-state index contributed by atoms with van der Waals surface area (Å²) in [5, 5.41) is 0. The van der Waals surface area contributed by atoms with E-state index in [4.69, 9.17) is 28.4 Å². The lowest BCUT2D eigenvalue weighted by Crippen LogP contribution is -2.41. The molecule has 2 heterocycles. The molecule has 0 radical (unpaired) electrons. The van der Waals surface area contributed by atoms with E-state index >= 15 is 0 Å². The van der Waals surface area contributed by atoms with Gasteiger partial charge in [0.25, 0.3) is 0 Å². The molecular formula is C18H36N2O6. The molecule has 2 saturated heterocycles. The molecule has 0 unspecified atom stereocenters. The molecule has 8 nitrogen and oxygen atoms in total. The predicted molar refractivity (Wildman–Crippen MR) is 97.8 cm³/mol. The van der Waals surface area contributed by atoms with Gasteiger partial charge in [0.15, 0.2) is 0 Å². The Morgan fingerprint density at radius 3 is 0.846 bits per heavy atom. The Morgan fingerprint density at radius 2 is 0.577 bits per heavy atom. The molecule has 8 heteroatoms. The smallest absolute Gasteiger partial charge is 0.0701 e. The average molecular weight is 376 g/mol. The highest BCUT2D eigenvalue weighted by atomic mass is 16.5. The van der Waals surface area contributed by atoms with Gasteiger partial charge in [0.1, 0.15) is 0 Å². The Labute approximate surface area is 157 Å². The first-order chi connectivity index (χ1) is 12.9. The van der Waals surface area contributed by atoms with E-state index in [2.05, 4.69) is 9.80 Å². The summed E-state index contributed by atoms with van der Waals surface area (Å²) in [5.41, 5.74) is 0. The SMILES string of the molecule is C1COCCN(CCN2CCOCCOCCOCC2)CCOCCO1. The van der Waals surface area contributed by atoms with Crippen molar-refractivity contribution in [1.29, 1.82) is 0 Å². The van der Waals surface area contributed by atoms with Crippen molar-refractivity contribution < 1.29 is 28.4 Å². The zero-order valence-electron chi connectivity index (χ0n) is 16.1. The molecule has 2 aliphatic heterocycles. The maximum atomic E-state index is 5.65. The molecule has 26 heavy (non-hydrogen) atoms. The number of hydrogen-bond acceptors (Lipinski definition) is 8. The highest BCUT2D eigenvalue weighted by Gasteiger charge is 2.11. The molecule has 0 amide bonds. The van der Waals surface area contributed by atoms with Crippen LogP contribution in [0, 0.1) is 0 Å². The largest absolute Gasteiger partial charge is 0.378 e. The number of hydrogen-bond donors (Lipinski definition) is 0. The van der Waals surface area contributed by atoms with Crippen molar-refractivity contribution in [2.45, 2.75) is 0 Å². The Balaban J connectivity index is 1.70. The quantitative estimate of drug-likeness (QED) is 0.666. The number of nitrogens with zero attached hydrogens (tertiary/aromatic N) is 2. The minimum Gasteiger partial charge on any atom is -0.378 e. The zero-order chi connectivity index (χ0) is 18.1. The highest BCUT2D eigenvalue weighted by Crippen LogP contribution is 1.97. The summed E-state index contributed by atoms with van der Waals surface area (Å²) in [6.07, 6.45) is 0. The van der Waals surface area contributed by atoms with Crippen molar-refractivity contribution in [3.8, 4) is 0 Å². The average Bonchev–Trinajstić information content (AvgIpc) is 2.63. The molecule has 154 valence electrons. The van der Waals surface area contributed by atoms with Crippen molar-refractivity contribution in [3.63, 3.8) is 0 Å². The van der Waals surface area contributed by atoms with Crippen LogP contribution in [0.5, 0.6) is 0 Å². The van der Waals surface area contributed by atoms with Crippen molar-refractivity contribution in [1.82, 2.24) is 9.80 Å². The standard InChI is InChI=1S/C18H36N2O6/c1(19-3-7-21-11-15-25-16-12-22-8-4-19)2-20-5-9-23-13-17-26-18-14-24-10-6-20/h1-18H2. The van der Waals surface area contributed by atoms with Gasteiger partial charge in [-0.1, -0.05) is 0 Å². The van der Waals surface area contributed by atoms with Crippen LogP contribution in [-0.2, 0) is 28.4 Å². The fourth-order valence-corrected chi connectivity index (χ4v) is 2.81. The molecule has 0 aromatic heterocycles. The molecule has 0 aromatic rings. The van der Waals surface area contributed by atoms with Crippen molar-refractivity contribution in [2.24, 2.45) is 0 Å². The first kappa shape index (κ1) is 22.0. The van der Waals surface area contributed by atoms with E-state index in [1.807, 2.05) is 0 Å². The van der Waals surface area contributed by atoms with Crippen molar-refractivity contribution in [2.75, 3.05) is 119 Å². The molecule has 0 bridgehead atoms. The van der Waals surface area contributed by atoms with Gasteiger partial charge in [-0.2, -0.15) is 0 Å². The van der Waals surface area contributed by atoms with E-state index in [1.165, 1.54) is 0 Å².